The molecule has 10 nitrogen and oxygen atoms in total. The summed E-state index contributed by atoms with van der Waals surface area (Å²) in [7, 11) is 1.13. The predicted molar refractivity (Wildman–Crippen MR) is 71.4 cm³/mol. The first-order chi connectivity index (χ1) is 9.81. The highest BCUT2D eigenvalue weighted by Gasteiger charge is 2.38. The van der Waals surface area contributed by atoms with Crippen LogP contribution in [-0.4, -0.2) is 65.3 Å². The molecule has 4 atom stereocenters. The van der Waals surface area contributed by atoms with E-state index in [-0.39, 0.29) is 23.8 Å². The predicted octanol–water partition coefficient (Wildman–Crippen LogP) is -3.53. The minimum absolute atomic E-state index is 0.0163. The lowest BCUT2D eigenvalue weighted by atomic mass is 9.96. The van der Waals surface area contributed by atoms with Gasteiger partial charge in [0.2, 0.25) is 5.76 Å². The maximum atomic E-state index is 11.6. The lowest BCUT2D eigenvalue weighted by Gasteiger charge is -2.33. The van der Waals surface area contributed by atoms with E-state index in [0.29, 0.717) is 0 Å². The van der Waals surface area contributed by atoms with Crippen molar-refractivity contribution in [2.24, 2.45) is 22.2 Å². The standard InChI is InChI=1S/C11H20N4O6/c1-20-10(19)9-7(12)4(15-11(13)14)2-6(21-9)8(18)5(17)3-16/h4-6,8,16-18H,2-3,12H2,1H3,(H4,13,14,15)/t4?,5-,6?,8-/m1/s1. The van der Waals surface area contributed by atoms with Crippen molar-refractivity contribution in [1.29, 1.82) is 0 Å². The van der Waals surface area contributed by atoms with Gasteiger partial charge in [-0.3, -0.25) is 0 Å². The number of hydrogen-bond acceptors (Lipinski definition) is 8. The van der Waals surface area contributed by atoms with Crippen molar-refractivity contribution < 1.29 is 29.6 Å². The molecule has 0 spiro atoms. The van der Waals surface area contributed by atoms with E-state index in [0.717, 1.165) is 7.11 Å². The molecule has 120 valence electrons. The summed E-state index contributed by atoms with van der Waals surface area (Å²) in [5.41, 5.74) is 16.3. The van der Waals surface area contributed by atoms with Crippen LogP contribution in [0.3, 0.4) is 0 Å². The Morgan fingerprint density at radius 3 is 2.62 bits per heavy atom. The summed E-state index contributed by atoms with van der Waals surface area (Å²) in [5, 5.41) is 28.2. The van der Waals surface area contributed by atoms with Gasteiger partial charge in [0.1, 0.15) is 24.4 Å². The molecular formula is C11H20N4O6. The molecule has 0 aromatic carbocycles. The summed E-state index contributed by atoms with van der Waals surface area (Å²) in [5.74, 6) is -1.46. The van der Waals surface area contributed by atoms with E-state index in [2.05, 4.69) is 9.73 Å². The first-order valence-electron chi connectivity index (χ1n) is 6.12. The van der Waals surface area contributed by atoms with Crippen LogP contribution in [0.2, 0.25) is 0 Å². The molecule has 0 saturated heterocycles. The second kappa shape index (κ2) is 7.11. The van der Waals surface area contributed by atoms with Gasteiger partial charge in [-0.2, -0.15) is 0 Å². The number of hydrogen-bond donors (Lipinski definition) is 6. The normalized spacial score (nSPS) is 24.8. The second-order valence-corrected chi connectivity index (χ2v) is 4.48. The average Bonchev–Trinajstić information content (AvgIpc) is 2.46. The van der Waals surface area contributed by atoms with Crippen LogP contribution in [-0.2, 0) is 14.3 Å². The SMILES string of the molecule is COC(=O)C1=C(N)C(N=C(N)N)CC([C@H](O)[C@H](O)CO)O1. The third-order valence-electron chi connectivity index (χ3n) is 2.98. The highest BCUT2D eigenvalue weighted by Crippen LogP contribution is 2.27. The number of ether oxygens (including phenoxy) is 2. The van der Waals surface area contributed by atoms with Crippen molar-refractivity contribution >= 4 is 11.9 Å². The summed E-state index contributed by atoms with van der Waals surface area (Å²) in [6, 6.07) is -0.816. The second-order valence-electron chi connectivity index (χ2n) is 4.48. The van der Waals surface area contributed by atoms with Crippen LogP contribution in [0.15, 0.2) is 16.4 Å². The number of nitrogens with zero attached hydrogens (tertiary/aromatic N) is 1. The van der Waals surface area contributed by atoms with Crippen LogP contribution >= 0.6 is 0 Å². The number of aliphatic hydroxyl groups excluding tert-OH is 3. The van der Waals surface area contributed by atoms with Crippen LogP contribution < -0.4 is 17.2 Å². The Morgan fingerprint density at radius 2 is 2.14 bits per heavy atom. The average molecular weight is 304 g/mol. The summed E-state index contributed by atoms with van der Waals surface area (Å²) in [6.45, 7) is -0.680. The summed E-state index contributed by atoms with van der Waals surface area (Å²) in [6.07, 6.45) is -3.93. The molecule has 0 saturated carbocycles. The van der Waals surface area contributed by atoms with Crippen molar-refractivity contribution in [3.05, 3.63) is 11.5 Å². The molecule has 9 N–H and O–H groups in total. The van der Waals surface area contributed by atoms with E-state index in [1.165, 1.54) is 0 Å². The van der Waals surface area contributed by atoms with Crippen LogP contribution in [0.4, 0.5) is 0 Å². The topological polar surface area (TPSA) is 187 Å². The molecule has 0 fully saturated rings. The van der Waals surface area contributed by atoms with Crippen molar-refractivity contribution in [3.63, 3.8) is 0 Å². The Morgan fingerprint density at radius 1 is 1.52 bits per heavy atom. The van der Waals surface area contributed by atoms with Crippen LogP contribution in [0.25, 0.3) is 0 Å². The zero-order valence-corrected chi connectivity index (χ0v) is 11.5. The number of rotatable bonds is 5. The Balaban J connectivity index is 3.10. The maximum Gasteiger partial charge on any atom is 0.375 e. The van der Waals surface area contributed by atoms with Gasteiger partial charge < -0.3 is 42.0 Å². The van der Waals surface area contributed by atoms with Crippen molar-refractivity contribution in [2.45, 2.75) is 30.8 Å². The van der Waals surface area contributed by atoms with Gasteiger partial charge in [0.15, 0.2) is 5.96 Å². The molecule has 0 aromatic rings. The van der Waals surface area contributed by atoms with Gasteiger partial charge >= 0.3 is 5.97 Å². The monoisotopic (exact) mass is 304 g/mol. The zero-order chi connectivity index (χ0) is 16.2. The number of methoxy groups -OCH3 is 1. The molecular weight excluding hydrogens is 284 g/mol. The van der Waals surface area contributed by atoms with Crippen molar-refractivity contribution in [3.8, 4) is 0 Å². The number of aliphatic hydroxyl groups is 3. The molecule has 2 unspecified atom stereocenters. The highest BCUT2D eigenvalue weighted by molar-refractivity contribution is 5.87. The fourth-order valence-electron chi connectivity index (χ4n) is 1.89. The number of carbonyl (C=O) groups is 1. The number of guanidine groups is 1. The van der Waals surface area contributed by atoms with Gasteiger partial charge in [-0.15, -0.1) is 0 Å². The lowest BCUT2D eigenvalue weighted by Crippen LogP contribution is -2.47. The number of aliphatic imine (C=N–C) groups is 1. The van der Waals surface area contributed by atoms with Crippen LogP contribution in [0.5, 0.6) is 0 Å². The van der Waals surface area contributed by atoms with Gasteiger partial charge in [-0.25, -0.2) is 9.79 Å². The molecule has 1 heterocycles. The minimum Gasteiger partial charge on any atom is -0.479 e. The number of carbonyl (C=O) groups excluding carboxylic acids is 1. The molecule has 0 amide bonds. The molecule has 0 bridgehead atoms. The molecule has 0 aliphatic carbocycles. The molecule has 1 aliphatic rings. The van der Waals surface area contributed by atoms with Crippen LogP contribution in [0.1, 0.15) is 6.42 Å². The van der Waals surface area contributed by atoms with Gasteiger partial charge in [0, 0.05) is 6.42 Å². The third-order valence-corrected chi connectivity index (χ3v) is 2.98. The van der Waals surface area contributed by atoms with Gasteiger partial charge in [-0.1, -0.05) is 0 Å². The zero-order valence-electron chi connectivity index (χ0n) is 11.5. The van der Waals surface area contributed by atoms with E-state index in [9.17, 15) is 15.0 Å². The van der Waals surface area contributed by atoms with E-state index in [1.54, 1.807) is 0 Å². The van der Waals surface area contributed by atoms with Gasteiger partial charge in [-0.05, 0) is 0 Å². The van der Waals surface area contributed by atoms with Crippen molar-refractivity contribution in [1.82, 2.24) is 0 Å². The Bertz CT molecular complexity index is 448. The molecule has 21 heavy (non-hydrogen) atoms. The van der Waals surface area contributed by atoms with E-state index >= 15 is 0 Å². The van der Waals surface area contributed by atoms with E-state index in [4.69, 9.17) is 27.0 Å². The highest BCUT2D eigenvalue weighted by atomic mass is 16.6. The van der Waals surface area contributed by atoms with E-state index < -0.39 is 36.9 Å². The van der Waals surface area contributed by atoms with E-state index in [1.807, 2.05) is 0 Å². The first-order valence-corrected chi connectivity index (χ1v) is 6.12. The van der Waals surface area contributed by atoms with Gasteiger partial charge in [0.05, 0.1) is 19.4 Å². The maximum absolute atomic E-state index is 11.6. The Kier molecular flexibility index (Phi) is 5.76. The number of nitrogens with two attached hydrogens (primary N) is 3. The molecule has 0 aromatic heterocycles. The number of esters is 1. The summed E-state index contributed by atoms with van der Waals surface area (Å²) in [4.78, 5) is 15.5. The lowest BCUT2D eigenvalue weighted by molar-refractivity contribution is -0.147. The van der Waals surface area contributed by atoms with Gasteiger partial charge in [0.25, 0.3) is 0 Å². The summed E-state index contributed by atoms with van der Waals surface area (Å²) < 4.78 is 9.78. The molecule has 0 radical (unpaired) electrons. The molecule has 10 heteroatoms. The van der Waals surface area contributed by atoms with Crippen LogP contribution in [0, 0.1) is 0 Å². The Hall–Kier alpha value is -2.04. The first kappa shape index (κ1) is 17.0. The summed E-state index contributed by atoms with van der Waals surface area (Å²) >= 11 is 0. The molecule has 1 rings (SSSR count). The minimum atomic E-state index is -1.46. The fourth-order valence-corrected chi connectivity index (χ4v) is 1.89. The third kappa shape index (κ3) is 3.97. The van der Waals surface area contributed by atoms with Crippen molar-refractivity contribution in [2.75, 3.05) is 13.7 Å². The quantitative estimate of drug-likeness (QED) is 0.170. The fraction of sp³-hybridized carbons (Fsp3) is 0.636. The Labute approximate surface area is 120 Å². The largest absolute Gasteiger partial charge is 0.479 e. The molecule has 1 aliphatic heterocycles. The smallest absolute Gasteiger partial charge is 0.375 e.